The van der Waals surface area contributed by atoms with Gasteiger partial charge < -0.3 is 4.57 Å². The second-order valence-corrected chi connectivity index (χ2v) is 4.85. The number of aryl methyl sites for hydroxylation is 1. The molecule has 0 aliphatic heterocycles. The Bertz CT molecular complexity index is 478. The van der Waals surface area contributed by atoms with Crippen LogP contribution in [0.15, 0.2) is 30.5 Å². The minimum atomic E-state index is 0.719. The van der Waals surface area contributed by atoms with Crippen molar-refractivity contribution >= 4 is 12.3 Å². The Labute approximate surface area is 109 Å². The molecule has 0 saturated heterocycles. The van der Waals surface area contributed by atoms with Crippen molar-refractivity contribution in [1.29, 1.82) is 0 Å². The Hall–Kier alpha value is -1.77. The predicted octanol–water partition coefficient (Wildman–Crippen LogP) is 3.00. The van der Waals surface area contributed by atoms with Gasteiger partial charge >= 0.3 is 0 Å². The van der Waals surface area contributed by atoms with E-state index in [1.54, 1.807) is 0 Å². The molecule has 0 atom stereocenters. The first kappa shape index (κ1) is 12.7. The van der Waals surface area contributed by atoms with Crippen LogP contribution in [0.2, 0.25) is 0 Å². The summed E-state index contributed by atoms with van der Waals surface area (Å²) in [6.07, 6.45) is 10.5. The average Bonchev–Trinajstić information content (AvgIpc) is 3.12. The first-order chi connectivity index (χ1) is 8.67. The molecule has 0 unspecified atom stereocenters. The van der Waals surface area contributed by atoms with Gasteiger partial charge in [0.2, 0.25) is 0 Å². The zero-order valence-corrected chi connectivity index (χ0v) is 11.3. The van der Waals surface area contributed by atoms with E-state index in [4.69, 9.17) is 0 Å². The van der Waals surface area contributed by atoms with Gasteiger partial charge in [0, 0.05) is 31.5 Å². The van der Waals surface area contributed by atoms with Crippen LogP contribution in [0, 0.1) is 0 Å². The largest absolute Gasteiger partial charge is 0.350 e. The molecule has 1 fully saturated rings. The van der Waals surface area contributed by atoms with Crippen LogP contribution in [0.25, 0.3) is 6.08 Å². The van der Waals surface area contributed by atoms with Gasteiger partial charge in [0.1, 0.15) is 0 Å². The van der Waals surface area contributed by atoms with E-state index in [0.29, 0.717) is 0 Å². The van der Waals surface area contributed by atoms with E-state index in [1.165, 1.54) is 24.0 Å². The molecule has 0 amide bonds. The van der Waals surface area contributed by atoms with E-state index in [2.05, 4.69) is 36.1 Å². The minimum absolute atomic E-state index is 0.719. The van der Waals surface area contributed by atoms with Crippen LogP contribution in [0.4, 0.5) is 0 Å². The Morgan fingerprint density at radius 1 is 1.50 bits per heavy atom. The zero-order chi connectivity index (χ0) is 13.1. The van der Waals surface area contributed by atoms with Crippen molar-refractivity contribution in [2.45, 2.75) is 18.8 Å². The summed E-state index contributed by atoms with van der Waals surface area (Å²) in [5.41, 5.74) is 3.77. The van der Waals surface area contributed by atoms with Crippen molar-refractivity contribution in [1.82, 2.24) is 9.58 Å². The molecule has 1 heterocycles. The highest BCUT2D eigenvalue weighted by Gasteiger charge is 2.28. The number of rotatable bonds is 6. The molecule has 96 valence electrons. The molecule has 3 nitrogen and oxygen atoms in total. The molecule has 1 aliphatic rings. The Morgan fingerprint density at radius 3 is 2.78 bits per heavy atom. The smallest absolute Gasteiger partial charge is 0.0567 e. The van der Waals surface area contributed by atoms with Gasteiger partial charge in [-0.3, -0.25) is 5.01 Å². The van der Waals surface area contributed by atoms with Gasteiger partial charge in [-0.1, -0.05) is 12.7 Å². The number of hydrogen-bond donors (Lipinski definition) is 0. The second kappa shape index (κ2) is 5.25. The molecule has 1 aromatic rings. The van der Waals surface area contributed by atoms with Crippen LogP contribution < -0.4 is 0 Å². The highest BCUT2D eigenvalue weighted by Crippen LogP contribution is 2.42. The van der Waals surface area contributed by atoms with E-state index in [-0.39, 0.29) is 0 Å². The summed E-state index contributed by atoms with van der Waals surface area (Å²) in [6, 6.07) is 0. The summed E-state index contributed by atoms with van der Waals surface area (Å²) >= 11 is 0. The lowest BCUT2D eigenvalue weighted by Gasteiger charge is -2.09. The fourth-order valence-electron chi connectivity index (χ4n) is 2.19. The summed E-state index contributed by atoms with van der Waals surface area (Å²) in [5, 5.41) is 6.33. The van der Waals surface area contributed by atoms with E-state index < -0.39 is 0 Å². The summed E-state index contributed by atoms with van der Waals surface area (Å²) < 4.78 is 2.13. The molecule has 1 saturated carbocycles. The monoisotopic (exact) mass is 243 g/mol. The van der Waals surface area contributed by atoms with Gasteiger partial charge in [-0.05, 0) is 30.4 Å². The van der Waals surface area contributed by atoms with Crippen molar-refractivity contribution in [3.8, 4) is 0 Å². The third-order valence-corrected chi connectivity index (χ3v) is 3.29. The number of hydrazone groups is 1. The van der Waals surface area contributed by atoms with Crippen LogP contribution in [0.3, 0.4) is 0 Å². The standard InChI is InChI=1S/C15H21N3/c1-5-9-18(4)16-10-13-14(12-7-8-12)11-17(3)15(13)6-2/h5-6,10-12H,1-2,7-9H2,3-4H3/b16-10-. The molecule has 2 rings (SSSR count). The summed E-state index contributed by atoms with van der Waals surface area (Å²) in [7, 11) is 4.01. The lowest BCUT2D eigenvalue weighted by atomic mass is 10.1. The molecule has 0 aromatic carbocycles. The lowest BCUT2D eigenvalue weighted by Crippen LogP contribution is -2.10. The first-order valence-electron chi connectivity index (χ1n) is 6.35. The van der Waals surface area contributed by atoms with Crippen molar-refractivity contribution in [2.75, 3.05) is 13.6 Å². The highest BCUT2D eigenvalue weighted by molar-refractivity contribution is 5.87. The molecule has 1 aromatic heterocycles. The van der Waals surface area contributed by atoms with Gasteiger partial charge in [-0.15, -0.1) is 6.58 Å². The SMILES string of the molecule is C=CCN(C)/N=C\c1c(C2CC2)cn(C)c1C=C. The summed E-state index contributed by atoms with van der Waals surface area (Å²) in [5.74, 6) is 0.719. The lowest BCUT2D eigenvalue weighted by molar-refractivity contribution is 0.397. The quantitative estimate of drug-likeness (QED) is 0.427. The van der Waals surface area contributed by atoms with E-state index in [1.807, 2.05) is 30.4 Å². The van der Waals surface area contributed by atoms with Crippen molar-refractivity contribution in [3.63, 3.8) is 0 Å². The topological polar surface area (TPSA) is 20.5 Å². The molecule has 3 heteroatoms. The number of nitrogens with zero attached hydrogens (tertiary/aromatic N) is 3. The van der Waals surface area contributed by atoms with Crippen LogP contribution in [0.1, 0.15) is 35.6 Å². The third kappa shape index (κ3) is 2.55. The van der Waals surface area contributed by atoms with Gasteiger partial charge in [0.05, 0.1) is 12.8 Å². The molecule has 0 N–H and O–H groups in total. The third-order valence-electron chi connectivity index (χ3n) is 3.29. The van der Waals surface area contributed by atoms with Gasteiger partial charge in [-0.2, -0.15) is 5.10 Å². The first-order valence-corrected chi connectivity index (χ1v) is 6.35. The maximum absolute atomic E-state index is 4.45. The van der Waals surface area contributed by atoms with Gasteiger partial charge in [0.25, 0.3) is 0 Å². The normalized spacial score (nSPS) is 15.0. The highest BCUT2D eigenvalue weighted by atomic mass is 15.4. The van der Waals surface area contributed by atoms with Gasteiger partial charge in [0.15, 0.2) is 0 Å². The van der Waals surface area contributed by atoms with Crippen molar-refractivity contribution < 1.29 is 0 Å². The maximum atomic E-state index is 4.45. The average molecular weight is 243 g/mol. The zero-order valence-electron chi connectivity index (χ0n) is 11.3. The molecule has 18 heavy (non-hydrogen) atoms. The number of aromatic nitrogens is 1. The van der Waals surface area contributed by atoms with E-state index in [9.17, 15) is 0 Å². The maximum Gasteiger partial charge on any atom is 0.0567 e. The molecular formula is C15H21N3. The fourth-order valence-corrected chi connectivity index (χ4v) is 2.19. The van der Waals surface area contributed by atoms with Crippen LogP contribution >= 0.6 is 0 Å². The van der Waals surface area contributed by atoms with Gasteiger partial charge in [-0.25, -0.2) is 0 Å². The van der Waals surface area contributed by atoms with Crippen LogP contribution in [0.5, 0.6) is 0 Å². The van der Waals surface area contributed by atoms with Crippen LogP contribution in [-0.2, 0) is 7.05 Å². The van der Waals surface area contributed by atoms with Crippen molar-refractivity contribution in [2.24, 2.45) is 12.1 Å². The second-order valence-electron chi connectivity index (χ2n) is 4.85. The predicted molar refractivity (Wildman–Crippen MR) is 77.9 cm³/mol. The molecule has 0 bridgehead atoms. The summed E-state index contributed by atoms with van der Waals surface area (Å²) in [6.45, 7) is 8.37. The van der Waals surface area contributed by atoms with E-state index in [0.717, 1.165) is 18.2 Å². The summed E-state index contributed by atoms with van der Waals surface area (Å²) in [4.78, 5) is 0. The van der Waals surface area contributed by atoms with Crippen LogP contribution in [-0.4, -0.2) is 29.4 Å². The van der Waals surface area contributed by atoms with E-state index >= 15 is 0 Å². The number of likely N-dealkylation sites (N-methyl/N-ethyl adjacent to an activating group) is 1. The Balaban J connectivity index is 2.29. The molecule has 0 spiro atoms. The Morgan fingerprint density at radius 2 is 2.22 bits per heavy atom. The molecule has 0 radical (unpaired) electrons. The molecule has 1 aliphatic carbocycles. The fraction of sp³-hybridized carbons (Fsp3) is 0.400. The van der Waals surface area contributed by atoms with Crippen molar-refractivity contribution in [3.05, 3.63) is 42.3 Å². The molecular weight excluding hydrogens is 222 g/mol. The Kier molecular flexibility index (Phi) is 3.70. The number of hydrogen-bond acceptors (Lipinski definition) is 2. The minimum Gasteiger partial charge on any atom is -0.350 e.